The Morgan fingerprint density at radius 2 is 1.27 bits per heavy atom. The third-order valence-corrected chi connectivity index (χ3v) is 7.97. The van der Waals surface area contributed by atoms with Gasteiger partial charge in [-0.1, -0.05) is 66.7 Å². The molecule has 0 unspecified atom stereocenters. The van der Waals surface area contributed by atoms with Gasteiger partial charge in [-0.05, 0) is 48.0 Å². The van der Waals surface area contributed by atoms with E-state index in [-0.39, 0.29) is 0 Å². The molecule has 0 saturated heterocycles. The second kappa shape index (κ2) is 10.8. The van der Waals surface area contributed by atoms with E-state index in [1.54, 1.807) is 11.3 Å². The standard InChI is InChI=1S/C34H31N5S/c1-38(2)26-18-13-24(14-19-26)32-33(25-15-20-27(21-16-25)39(3)4)37-34(36-32)28-10-6-5-9-23(28)17-22-31-35-29-11-7-8-12-30(29)40-31/h5-22H,1-4H3,(H,36,37)/b22-17+. The zero-order valence-corrected chi connectivity index (χ0v) is 23.9. The minimum Gasteiger partial charge on any atom is -0.378 e. The molecule has 0 fully saturated rings. The largest absolute Gasteiger partial charge is 0.378 e. The molecule has 1 N–H and O–H groups in total. The van der Waals surface area contributed by atoms with Crippen LogP contribution >= 0.6 is 11.3 Å². The molecule has 0 radical (unpaired) electrons. The first-order valence-corrected chi connectivity index (χ1v) is 14.1. The van der Waals surface area contributed by atoms with Gasteiger partial charge in [0.25, 0.3) is 0 Å². The average Bonchev–Trinajstić information content (AvgIpc) is 3.61. The molecule has 0 saturated carbocycles. The molecule has 2 aromatic heterocycles. The quantitative estimate of drug-likeness (QED) is 0.221. The molecule has 6 heteroatoms. The van der Waals surface area contributed by atoms with E-state index in [2.05, 4.69) is 146 Å². The van der Waals surface area contributed by atoms with Gasteiger partial charge < -0.3 is 14.8 Å². The van der Waals surface area contributed by atoms with Crippen LogP contribution in [-0.4, -0.2) is 43.1 Å². The van der Waals surface area contributed by atoms with Crippen molar-refractivity contribution in [2.24, 2.45) is 0 Å². The van der Waals surface area contributed by atoms with Crippen molar-refractivity contribution in [1.82, 2.24) is 15.0 Å². The highest BCUT2D eigenvalue weighted by molar-refractivity contribution is 7.19. The molecule has 6 rings (SSSR count). The second-order valence-corrected chi connectivity index (χ2v) is 11.2. The summed E-state index contributed by atoms with van der Waals surface area (Å²) in [5, 5.41) is 0.985. The third-order valence-electron chi connectivity index (χ3n) is 6.97. The minimum atomic E-state index is 0.836. The highest BCUT2D eigenvalue weighted by atomic mass is 32.1. The van der Waals surface area contributed by atoms with E-state index in [0.29, 0.717) is 0 Å². The number of imidazole rings is 1. The second-order valence-electron chi connectivity index (χ2n) is 10.1. The Morgan fingerprint density at radius 1 is 0.650 bits per heavy atom. The van der Waals surface area contributed by atoms with Crippen LogP contribution in [0, 0.1) is 0 Å². The summed E-state index contributed by atoms with van der Waals surface area (Å²) in [6, 6.07) is 33.8. The number of aromatic nitrogens is 3. The third kappa shape index (κ3) is 5.14. The summed E-state index contributed by atoms with van der Waals surface area (Å²) in [7, 11) is 8.22. The van der Waals surface area contributed by atoms with Crippen LogP contribution in [0.25, 0.3) is 56.3 Å². The van der Waals surface area contributed by atoms with Gasteiger partial charge in [-0.15, -0.1) is 11.3 Å². The first-order valence-electron chi connectivity index (χ1n) is 13.2. The van der Waals surface area contributed by atoms with Crippen molar-refractivity contribution < 1.29 is 0 Å². The van der Waals surface area contributed by atoms with Crippen LogP contribution in [0.4, 0.5) is 11.4 Å². The molecule has 40 heavy (non-hydrogen) atoms. The molecule has 0 aliphatic carbocycles. The lowest BCUT2D eigenvalue weighted by Gasteiger charge is -2.13. The van der Waals surface area contributed by atoms with E-state index in [9.17, 15) is 0 Å². The summed E-state index contributed by atoms with van der Waals surface area (Å²) in [6.45, 7) is 0. The number of anilines is 2. The molecule has 198 valence electrons. The van der Waals surface area contributed by atoms with E-state index < -0.39 is 0 Å². The van der Waals surface area contributed by atoms with Crippen LogP contribution in [0.5, 0.6) is 0 Å². The normalized spacial score (nSPS) is 11.4. The Bertz CT molecular complexity index is 1690. The predicted octanol–water partition coefficient (Wildman–Crippen LogP) is 8.32. The number of nitrogens with one attached hydrogen (secondary N) is 1. The smallest absolute Gasteiger partial charge is 0.139 e. The van der Waals surface area contributed by atoms with Gasteiger partial charge in [-0.2, -0.15) is 0 Å². The minimum absolute atomic E-state index is 0.836. The SMILES string of the molecule is CN(C)c1ccc(-c2nc(-c3ccccc3/C=C/c3nc4ccccc4s3)[nH]c2-c2ccc(N(C)C)cc2)cc1. The van der Waals surface area contributed by atoms with Gasteiger partial charge in [0, 0.05) is 56.3 Å². The summed E-state index contributed by atoms with van der Waals surface area (Å²) in [5.74, 6) is 0.836. The van der Waals surface area contributed by atoms with Crippen LogP contribution in [0.1, 0.15) is 10.6 Å². The number of H-pyrrole nitrogens is 1. The number of rotatable bonds is 7. The lowest BCUT2D eigenvalue weighted by Crippen LogP contribution is -2.08. The van der Waals surface area contributed by atoms with Crippen LogP contribution in [-0.2, 0) is 0 Å². The number of thiazole rings is 1. The highest BCUT2D eigenvalue weighted by Crippen LogP contribution is 2.36. The van der Waals surface area contributed by atoms with Crippen molar-refractivity contribution >= 4 is 45.1 Å². The number of nitrogens with zero attached hydrogens (tertiary/aromatic N) is 4. The van der Waals surface area contributed by atoms with Crippen LogP contribution in [0.15, 0.2) is 97.1 Å². The highest BCUT2D eigenvalue weighted by Gasteiger charge is 2.17. The summed E-state index contributed by atoms with van der Waals surface area (Å²) in [4.78, 5) is 17.8. The topological polar surface area (TPSA) is 48.1 Å². The maximum Gasteiger partial charge on any atom is 0.139 e. The molecule has 4 aromatic carbocycles. The molecule has 6 aromatic rings. The van der Waals surface area contributed by atoms with Gasteiger partial charge in [0.15, 0.2) is 0 Å². The van der Waals surface area contributed by atoms with E-state index in [4.69, 9.17) is 9.97 Å². The molecule has 0 aliphatic rings. The van der Waals surface area contributed by atoms with Gasteiger partial charge in [-0.3, -0.25) is 0 Å². The molecule has 5 nitrogen and oxygen atoms in total. The first kappa shape index (κ1) is 25.6. The number of aromatic amines is 1. The summed E-state index contributed by atoms with van der Waals surface area (Å²) in [6.07, 6.45) is 4.22. The number of fused-ring (bicyclic) bond motifs is 1. The monoisotopic (exact) mass is 541 g/mol. The lowest BCUT2D eigenvalue weighted by atomic mass is 10.0. The van der Waals surface area contributed by atoms with Crippen LogP contribution in [0.3, 0.4) is 0 Å². The van der Waals surface area contributed by atoms with Crippen molar-refractivity contribution in [1.29, 1.82) is 0 Å². The predicted molar refractivity (Wildman–Crippen MR) is 172 cm³/mol. The first-order chi connectivity index (χ1) is 19.5. The molecule has 0 aliphatic heterocycles. The van der Waals surface area contributed by atoms with E-state index >= 15 is 0 Å². The number of benzene rings is 4. The Kier molecular flexibility index (Phi) is 6.93. The maximum absolute atomic E-state index is 5.18. The zero-order chi connectivity index (χ0) is 27.6. The fraction of sp³-hybridized carbons (Fsp3) is 0.118. The summed E-state index contributed by atoms with van der Waals surface area (Å²) in [5.41, 5.74) is 9.57. The fourth-order valence-corrected chi connectivity index (χ4v) is 5.61. The van der Waals surface area contributed by atoms with Crippen molar-refractivity contribution in [3.63, 3.8) is 0 Å². The van der Waals surface area contributed by atoms with Gasteiger partial charge in [0.2, 0.25) is 0 Å². The molecular weight excluding hydrogens is 510 g/mol. The number of hydrogen-bond donors (Lipinski definition) is 1. The Labute approximate surface area is 239 Å². The summed E-state index contributed by atoms with van der Waals surface area (Å²) < 4.78 is 1.19. The van der Waals surface area contributed by atoms with Crippen LogP contribution in [0.2, 0.25) is 0 Å². The average molecular weight is 542 g/mol. The molecule has 0 bridgehead atoms. The molecule has 0 amide bonds. The molecule has 2 heterocycles. The van der Waals surface area contributed by atoms with Crippen molar-refractivity contribution in [2.45, 2.75) is 0 Å². The van der Waals surface area contributed by atoms with Gasteiger partial charge in [0.05, 0.1) is 21.6 Å². The van der Waals surface area contributed by atoms with Gasteiger partial charge in [-0.25, -0.2) is 9.97 Å². The lowest BCUT2D eigenvalue weighted by molar-refractivity contribution is 1.13. The van der Waals surface area contributed by atoms with Crippen molar-refractivity contribution in [2.75, 3.05) is 38.0 Å². The maximum atomic E-state index is 5.18. The zero-order valence-electron chi connectivity index (χ0n) is 23.1. The van der Waals surface area contributed by atoms with E-state index in [1.807, 2.05) is 6.07 Å². The Balaban J connectivity index is 1.43. The van der Waals surface area contributed by atoms with Crippen molar-refractivity contribution in [3.8, 4) is 33.9 Å². The van der Waals surface area contributed by atoms with Crippen LogP contribution < -0.4 is 9.80 Å². The molecule has 0 atom stereocenters. The van der Waals surface area contributed by atoms with Gasteiger partial charge >= 0.3 is 0 Å². The van der Waals surface area contributed by atoms with E-state index in [0.717, 1.165) is 61.4 Å². The van der Waals surface area contributed by atoms with E-state index in [1.165, 1.54) is 4.70 Å². The molecular formula is C34H31N5S. The summed E-state index contributed by atoms with van der Waals surface area (Å²) >= 11 is 1.70. The number of para-hydroxylation sites is 1. The number of hydrogen-bond acceptors (Lipinski definition) is 5. The van der Waals surface area contributed by atoms with Gasteiger partial charge in [0.1, 0.15) is 10.8 Å². The Hall–Kier alpha value is -4.68. The fourth-order valence-electron chi connectivity index (χ4n) is 4.74. The Morgan fingerprint density at radius 3 is 1.95 bits per heavy atom. The molecule has 0 spiro atoms. The van der Waals surface area contributed by atoms with Crippen molar-refractivity contribution in [3.05, 3.63) is 108 Å².